The fraction of sp³-hybridized carbons (Fsp3) is 0.632. The van der Waals surface area contributed by atoms with Gasteiger partial charge < -0.3 is 5.32 Å². The average molecular weight is 401 g/mol. The Bertz CT molecular complexity index is 725. The number of rotatable bonds is 8. The Balaban J connectivity index is 2.99. The van der Waals surface area contributed by atoms with Crippen LogP contribution < -0.4 is 9.62 Å². The van der Waals surface area contributed by atoms with Crippen LogP contribution >= 0.6 is 11.8 Å². The molecule has 0 aliphatic heterocycles. The second-order valence-electron chi connectivity index (χ2n) is 7.50. The number of sulfonamides is 1. The van der Waals surface area contributed by atoms with Crippen molar-refractivity contribution in [1.29, 1.82) is 0 Å². The third-order valence-corrected chi connectivity index (χ3v) is 6.47. The Morgan fingerprint density at radius 2 is 1.85 bits per heavy atom. The summed E-state index contributed by atoms with van der Waals surface area (Å²) in [5.74, 6) is 0.527. The maximum atomic E-state index is 12.7. The van der Waals surface area contributed by atoms with E-state index in [1.165, 1.54) is 4.31 Å². The number of aryl methyl sites for hydroxylation is 2. The molecule has 1 amide bonds. The minimum Gasteiger partial charge on any atom is -0.353 e. The molecule has 0 unspecified atom stereocenters. The lowest BCUT2D eigenvalue weighted by Gasteiger charge is -2.30. The molecule has 0 bridgehead atoms. The highest BCUT2D eigenvalue weighted by molar-refractivity contribution is 8.00. The van der Waals surface area contributed by atoms with Crippen molar-refractivity contribution in [2.75, 3.05) is 22.9 Å². The molecule has 7 heteroatoms. The number of benzene rings is 1. The van der Waals surface area contributed by atoms with E-state index < -0.39 is 16.1 Å². The summed E-state index contributed by atoms with van der Waals surface area (Å²) in [6.07, 6.45) is 1.55. The average Bonchev–Trinajstić information content (AvgIpc) is 2.49. The van der Waals surface area contributed by atoms with Gasteiger partial charge in [0.25, 0.3) is 0 Å². The van der Waals surface area contributed by atoms with Gasteiger partial charge in [0.2, 0.25) is 15.9 Å². The molecule has 0 aliphatic carbocycles. The number of carbonyl (C=O) groups is 1. The highest BCUT2D eigenvalue weighted by Gasteiger charge is 2.31. The number of nitrogens with zero attached hydrogens (tertiary/aromatic N) is 1. The molecule has 1 aromatic carbocycles. The number of nitrogens with one attached hydrogen (secondary N) is 1. The molecule has 148 valence electrons. The van der Waals surface area contributed by atoms with Gasteiger partial charge >= 0.3 is 0 Å². The fourth-order valence-electron chi connectivity index (χ4n) is 2.57. The van der Waals surface area contributed by atoms with Gasteiger partial charge in [-0.05, 0) is 43.5 Å². The van der Waals surface area contributed by atoms with Crippen molar-refractivity contribution in [2.45, 2.75) is 58.8 Å². The summed E-state index contributed by atoms with van der Waals surface area (Å²) in [5.41, 5.74) is 2.61. The Kier molecular flexibility index (Phi) is 8.02. The number of thioether (sulfide) groups is 1. The third-order valence-electron chi connectivity index (χ3n) is 4.01. The van der Waals surface area contributed by atoms with E-state index in [0.29, 0.717) is 18.7 Å². The van der Waals surface area contributed by atoms with Crippen molar-refractivity contribution in [3.05, 3.63) is 29.3 Å². The van der Waals surface area contributed by atoms with Crippen molar-refractivity contribution in [3.8, 4) is 0 Å². The van der Waals surface area contributed by atoms with Crippen LogP contribution in [-0.4, -0.2) is 43.7 Å². The summed E-state index contributed by atoms with van der Waals surface area (Å²) in [5, 5.41) is 2.89. The SMILES string of the molecule is CC[C@H](C(=O)NCCSC(C)(C)C)N(c1ccc(C)c(C)c1)S(C)(=O)=O. The normalized spacial score (nSPS) is 13.3. The number of hydrogen-bond acceptors (Lipinski definition) is 4. The Morgan fingerprint density at radius 3 is 2.31 bits per heavy atom. The van der Waals surface area contributed by atoms with Gasteiger partial charge in [-0.1, -0.05) is 33.8 Å². The molecule has 0 heterocycles. The van der Waals surface area contributed by atoms with Crippen LogP contribution in [0.5, 0.6) is 0 Å². The first kappa shape index (κ1) is 22.8. The largest absolute Gasteiger partial charge is 0.353 e. The maximum absolute atomic E-state index is 12.7. The predicted molar refractivity (Wildman–Crippen MR) is 113 cm³/mol. The highest BCUT2D eigenvalue weighted by atomic mass is 32.2. The minimum absolute atomic E-state index is 0.132. The zero-order valence-corrected chi connectivity index (χ0v) is 18.6. The molecule has 0 fully saturated rings. The summed E-state index contributed by atoms with van der Waals surface area (Å²) in [6, 6.07) is 4.70. The van der Waals surface area contributed by atoms with Gasteiger partial charge in [0.05, 0.1) is 11.9 Å². The molecule has 0 aliphatic rings. The lowest BCUT2D eigenvalue weighted by atomic mass is 10.1. The van der Waals surface area contributed by atoms with Gasteiger partial charge in [-0.25, -0.2) is 8.42 Å². The van der Waals surface area contributed by atoms with Crippen LogP contribution in [0.2, 0.25) is 0 Å². The van der Waals surface area contributed by atoms with Gasteiger partial charge in [-0.2, -0.15) is 11.8 Å². The zero-order chi connectivity index (χ0) is 20.1. The second kappa shape index (κ2) is 9.13. The van der Waals surface area contributed by atoms with E-state index in [2.05, 4.69) is 26.1 Å². The smallest absolute Gasteiger partial charge is 0.243 e. The Labute approximate surface area is 163 Å². The van der Waals surface area contributed by atoms with Crippen molar-refractivity contribution in [1.82, 2.24) is 5.32 Å². The minimum atomic E-state index is -3.59. The molecular formula is C19H32N2O3S2. The summed E-state index contributed by atoms with van der Waals surface area (Å²) in [4.78, 5) is 12.7. The second-order valence-corrected chi connectivity index (χ2v) is 11.3. The summed E-state index contributed by atoms with van der Waals surface area (Å²) in [6.45, 7) is 12.6. The standard InChI is InChI=1S/C19H32N2O3S2/c1-8-17(18(22)20-11-12-25-19(4,5)6)21(26(7,23)24)16-10-9-14(2)15(3)13-16/h9-10,13,17H,8,11-12H2,1-7H3,(H,20,22)/t17-/m1/s1. The molecule has 0 saturated carbocycles. The van der Waals surface area contributed by atoms with Crippen molar-refractivity contribution in [3.63, 3.8) is 0 Å². The van der Waals surface area contributed by atoms with Crippen LogP contribution in [0.3, 0.4) is 0 Å². The fourth-order valence-corrected chi connectivity index (χ4v) is 4.59. The monoisotopic (exact) mass is 400 g/mol. The number of amides is 1. The van der Waals surface area contributed by atoms with Crippen LogP contribution in [0.25, 0.3) is 0 Å². The molecule has 0 aromatic heterocycles. The lowest BCUT2D eigenvalue weighted by Crippen LogP contribution is -2.49. The van der Waals surface area contributed by atoms with E-state index in [4.69, 9.17) is 0 Å². The molecule has 1 atom stereocenters. The molecule has 1 N–H and O–H groups in total. The van der Waals surface area contributed by atoms with Crippen molar-refractivity contribution >= 4 is 33.4 Å². The molecule has 5 nitrogen and oxygen atoms in total. The first-order valence-electron chi connectivity index (χ1n) is 8.85. The Morgan fingerprint density at radius 1 is 1.23 bits per heavy atom. The molecule has 26 heavy (non-hydrogen) atoms. The van der Waals surface area contributed by atoms with Crippen LogP contribution in [0.15, 0.2) is 18.2 Å². The highest BCUT2D eigenvalue weighted by Crippen LogP contribution is 2.25. The number of anilines is 1. The van der Waals surface area contributed by atoms with Gasteiger partial charge in [-0.3, -0.25) is 9.10 Å². The van der Waals surface area contributed by atoms with Gasteiger partial charge in [0, 0.05) is 17.0 Å². The summed E-state index contributed by atoms with van der Waals surface area (Å²) in [7, 11) is -3.59. The maximum Gasteiger partial charge on any atom is 0.243 e. The topological polar surface area (TPSA) is 66.5 Å². The molecule has 1 aromatic rings. The summed E-state index contributed by atoms with van der Waals surface area (Å²) < 4.78 is 26.2. The molecule has 0 saturated heterocycles. The van der Waals surface area contributed by atoms with Crippen molar-refractivity contribution in [2.24, 2.45) is 0 Å². The van der Waals surface area contributed by atoms with E-state index >= 15 is 0 Å². The molecular weight excluding hydrogens is 368 g/mol. The van der Waals surface area contributed by atoms with E-state index in [0.717, 1.165) is 23.1 Å². The van der Waals surface area contributed by atoms with Crippen LogP contribution in [0.4, 0.5) is 5.69 Å². The van der Waals surface area contributed by atoms with Crippen molar-refractivity contribution < 1.29 is 13.2 Å². The van der Waals surface area contributed by atoms with Gasteiger partial charge in [0.1, 0.15) is 6.04 Å². The van der Waals surface area contributed by atoms with E-state index in [-0.39, 0.29) is 10.7 Å². The van der Waals surface area contributed by atoms with Crippen LogP contribution in [0.1, 0.15) is 45.2 Å². The van der Waals surface area contributed by atoms with Gasteiger partial charge in [0.15, 0.2) is 0 Å². The van der Waals surface area contributed by atoms with Crippen LogP contribution in [0, 0.1) is 13.8 Å². The summed E-state index contributed by atoms with van der Waals surface area (Å²) >= 11 is 1.76. The van der Waals surface area contributed by atoms with Gasteiger partial charge in [-0.15, -0.1) is 0 Å². The number of hydrogen-bond donors (Lipinski definition) is 1. The first-order chi connectivity index (χ1) is 11.9. The zero-order valence-electron chi connectivity index (χ0n) is 16.9. The Hall–Kier alpha value is -1.21. The molecule has 0 spiro atoms. The number of carbonyl (C=O) groups excluding carboxylic acids is 1. The van der Waals surface area contributed by atoms with E-state index in [1.54, 1.807) is 17.8 Å². The first-order valence-corrected chi connectivity index (χ1v) is 11.7. The van der Waals surface area contributed by atoms with E-state index in [9.17, 15) is 13.2 Å². The quantitative estimate of drug-likeness (QED) is 0.678. The van der Waals surface area contributed by atoms with Crippen LogP contribution in [-0.2, 0) is 14.8 Å². The van der Waals surface area contributed by atoms with E-state index in [1.807, 2.05) is 32.9 Å². The predicted octanol–water partition coefficient (Wildman–Crippen LogP) is 3.50. The molecule has 1 rings (SSSR count). The molecule has 0 radical (unpaired) electrons. The lowest BCUT2D eigenvalue weighted by molar-refractivity contribution is -0.122. The third kappa shape index (κ3) is 6.83.